The van der Waals surface area contributed by atoms with Gasteiger partial charge in [-0.3, -0.25) is 19.4 Å². The van der Waals surface area contributed by atoms with Crippen LogP contribution in [-0.4, -0.2) is 26.3 Å². The Hall–Kier alpha value is -2.50. The van der Waals surface area contributed by atoms with Gasteiger partial charge in [-0.15, -0.1) is 0 Å². The summed E-state index contributed by atoms with van der Waals surface area (Å²) in [5.41, 5.74) is -0.183. The highest BCUT2D eigenvalue weighted by Crippen LogP contribution is 2.20. The summed E-state index contributed by atoms with van der Waals surface area (Å²) in [6, 6.07) is 8.64. The molecule has 0 amide bonds. The molecule has 0 bridgehead atoms. The van der Waals surface area contributed by atoms with Gasteiger partial charge in [0.25, 0.3) is 25.8 Å². The van der Waals surface area contributed by atoms with E-state index in [1.807, 2.05) is 0 Å². The Balaban J connectivity index is 2.26. The molecule has 0 aromatic heterocycles. The standard InChI is InChI=1S/C12H10N2O7S2/c15-14(16)10-3-7-11(8-4-10)22(17,18)13-9-1-5-12(6-2-9)23(19,20)21/h1-8,13H,(H,19,20,21). The molecule has 0 saturated carbocycles. The van der Waals surface area contributed by atoms with E-state index in [2.05, 4.69) is 4.72 Å². The first-order chi connectivity index (χ1) is 10.6. The molecule has 0 aliphatic carbocycles. The topological polar surface area (TPSA) is 144 Å². The number of nitrogens with zero attached hydrogens (tertiary/aromatic N) is 1. The van der Waals surface area contributed by atoms with Crippen molar-refractivity contribution in [1.82, 2.24) is 0 Å². The van der Waals surface area contributed by atoms with Crippen molar-refractivity contribution in [3.05, 3.63) is 58.6 Å². The van der Waals surface area contributed by atoms with Gasteiger partial charge < -0.3 is 0 Å². The Morgan fingerprint density at radius 1 is 0.870 bits per heavy atom. The normalized spacial score (nSPS) is 11.9. The minimum atomic E-state index is -4.37. The lowest BCUT2D eigenvalue weighted by atomic mass is 10.3. The van der Waals surface area contributed by atoms with Crippen LogP contribution in [-0.2, 0) is 20.1 Å². The van der Waals surface area contributed by atoms with E-state index in [0.29, 0.717) is 0 Å². The van der Waals surface area contributed by atoms with Crippen molar-refractivity contribution in [2.75, 3.05) is 4.72 Å². The lowest BCUT2D eigenvalue weighted by Crippen LogP contribution is -2.13. The molecule has 0 heterocycles. The van der Waals surface area contributed by atoms with E-state index in [1.165, 1.54) is 0 Å². The number of benzene rings is 2. The van der Waals surface area contributed by atoms with Gasteiger partial charge in [-0.1, -0.05) is 0 Å². The second-order valence-corrected chi connectivity index (χ2v) is 7.46. The number of anilines is 1. The van der Waals surface area contributed by atoms with Gasteiger partial charge in [0.15, 0.2) is 0 Å². The summed E-state index contributed by atoms with van der Waals surface area (Å²) in [6.45, 7) is 0. The first-order valence-corrected chi connectivity index (χ1v) is 8.87. The van der Waals surface area contributed by atoms with Gasteiger partial charge in [0.1, 0.15) is 0 Å². The van der Waals surface area contributed by atoms with Crippen molar-refractivity contribution in [2.45, 2.75) is 9.79 Å². The highest BCUT2D eigenvalue weighted by Gasteiger charge is 2.16. The van der Waals surface area contributed by atoms with Gasteiger partial charge in [-0.05, 0) is 36.4 Å². The quantitative estimate of drug-likeness (QED) is 0.469. The molecular weight excluding hydrogens is 348 g/mol. The van der Waals surface area contributed by atoms with Crippen LogP contribution in [0.25, 0.3) is 0 Å². The predicted molar refractivity (Wildman–Crippen MR) is 80.2 cm³/mol. The van der Waals surface area contributed by atoms with E-state index >= 15 is 0 Å². The van der Waals surface area contributed by atoms with Crippen molar-refractivity contribution in [3.63, 3.8) is 0 Å². The van der Waals surface area contributed by atoms with Gasteiger partial charge in [-0.25, -0.2) is 8.42 Å². The summed E-state index contributed by atoms with van der Waals surface area (Å²) in [7, 11) is -8.36. The molecule has 2 rings (SSSR count). The average molecular weight is 358 g/mol. The lowest BCUT2D eigenvalue weighted by Gasteiger charge is -2.08. The van der Waals surface area contributed by atoms with Crippen molar-refractivity contribution in [3.8, 4) is 0 Å². The van der Waals surface area contributed by atoms with Crippen molar-refractivity contribution < 1.29 is 26.3 Å². The van der Waals surface area contributed by atoms with Crippen LogP contribution in [0.15, 0.2) is 58.3 Å². The Labute approximate surface area is 131 Å². The third-order valence-corrected chi connectivity index (χ3v) is 5.03. The second-order valence-electron chi connectivity index (χ2n) is 4.36. The van der Waals surface area contributed by atoms with Crippen LogP contribution in [0, 0.1) is 10.1 Å². The zero-order valence-electron chi connectivity index (χ0n) is 11.3. The third kappa shape index (κ3) is 4.03. The fraction of sp³-hybridized carbons (Fsp3) is 0. The first-order valence-electron chi connectivity index (χ1n) is 5.94. The number of nitro benzene ring substituents is 1. The monoisotopic (exact) mass is 358 g/mol. The van der Waals surface area contributed by atoms with Crippen LogP contribution in [0.1, 0.15) is 0 Å². The second kappa shape index (κ2) is 5.95. The lowest BCUT2D eigenvalue weighted by molar-refractivity contribution is -0.384. The highest BCUT2D eigenvalue weighted by atomic mass is 32.2. The summed E-state index contributed by atoms with van der Waals surface area (Å²) in [6.07, 6.45) is 0. The minimum absolute atomic E-state index is 0.0655. The van der Waals surface area contributed by atoms with Gasteiger partial charge >= 0.3 is 0 Å². The van der Waals surface area contributed by atoms with Gasteiger partial charge in [0.2, 0.25) is 0 Å². The predicted octanol–water partition coefficient (Wildman–Crippen LogP) is 1.64. The van der Waals surface area contributed by atoms with Crippen LogP contribution in [0.5, 0.6) is 0 Å². The Bertz CT molecular complexity index is 934. The molecule has 11 heteroatoms. The fourth-order valence-corrected chi connectivity index (χ4v) is 3.19. The SMILES string of the molecule is O=[N+]([O-])c1ccc(S(=O)(=O)Nc2ccc(S(=O)(=O)O)cc2)cc1. The van der Waals surface area contributed by atoms with Gasteiger partial charge in [-0.2, -0.15) is 8.42 Å². The van der Waals surface area contributed by atoms with Crippen LogP contribution in [0.3, 0.4) is 0 Å². The first kappa shape index (κ1) is 16.9. The highest BCUT2D eigenvalue weighted by molar-refractivity contribution is 7.92. The Kier molecular flexibility index (Phi) is 4.36. The number of nitrogens with one attached hydrogen (secondary N) is 1. The maximum atomic E-state index is 12.1. The summed E-state index contributed by atoms with van der Waals surface area (Å²) < 4.78 is 57.1. The molecule has 2 N–H and O–H groups in total. The average Bonchev–Trinajstić information content (AvgIpc) is 2.46. The van der Waals surface area contributed by atoms with Crippen LogP contribution >= 0.6 is 0 Å². The summed E-state index contributed by atoms with van der Waals surface area (Å²) in [4.78, 5) is 9.31. The molecule has 0 atom stereocenters. The number of hydrogen-bond donors (Lipinski definition) is 2. The summed E-state index contributed by atoms with van der Waals surface area (Å²) in [5.74, 6) is 0. The molecule has 23 heavy (non-hydrogen) atoms. The van der Waals surface area contributed by atoms with Crippen LogP contribution in [0.2, 0.25) is 0 Å². The van der Waals surface area contributed by atoms with E-state index < -0.39 is 25.1 Å². The molecule has 0 aliphatic rings. The van der Waals surface area contributed by atoms with Gasteiger partial charge in [0, 0.05) is 17.8 Å². The zero-order valence-corrected chi connectivity index (χ0v) is 12.9. The number of hydrogen-bond acceptors (Lipinski definition) is 6. The largest absolute Gasteiger partial charge is 0.294 e. The van der Waals surface area contributed by atoms with Crippen molar-refractivity contribution >= 4 is 31.5 Å². The molecule has 0 saturated heterocycles. The van der Waals surface area contributed by atoms with Gasteiger partial charge in [0.05, 0.1) is 14.7 Å². The summed E-state index contributed by atoms with van der Waals surface area (Å²) >= 11 is 0. The molecule has 2 aromatic rings. The van der Waals surface area contributed by atoms with E-state index in [4.69, 9.17) is 4.55 Å². The van der Waals surface area contributed by atoms with Crippen molar-refractivity contribution in [1.29, 1.82) is 0 Å². The molecule has 0 spiro atoms. The number of non-ortho nitro benzene ring substituents is 1. The maximum Gasteiger partial charge on any atom is 0.294 e. The molecule has 2 aromatic carbocycles. The molecule has 0 unspecified atom stereocenters. The maximum absolute atomic E-state index is 12.1. The minimum Gasteiger partial charge on any atom is -0.282 e. The van der Waals surface area contributed by atoms with E-state index in [-0.39, 0.29) is 21.2 Å². The molecule has 9 nitrogen and oxygen atoms in total. The van der Waals surface area contributed by atoms with Crippen LogP contribution in [0.4, 0.5) is 11.4 Å². The fourth-order valence-electron chi connectivity index (χ4n) is 1.66. The molecule has 0 fully saturated rings. The van der Waals surface area contributed by atoms with Crippen LogP contribution < -0.4 is 4.72 Å². The molecule has 122 valence electrons. The Morgan fingerprint density at radius 2 is 1.35 bits per heavy atom. The number of rotatable bonds is 5. The zero-order chi connectivity index (χ0) is 17.3. The van der Waals surface area contributed by atoms with E-state index in [0.717, 1.165) is 48.5 Å². The van der Waals surface area contributed by atoms with E-state index in [9.17, 15) is 26.9 Å². The molecule has 0 aliphatic heterocycles. The molecular formula is C12H10N2O7S2. The van der Waals surface area contributed by atoms with Crippen molar-refractivity contribution in [2.24, 2.45) is 0 Å². The number of sulfonamides is 1. The smallest absolute Gasteiger partial charge is 0.282 e. The molecule has 0 radical (unpaired) electrons. The number of nitro groups is 1. The summed E-state index contributed by atoms with van der Waals surface area (Å²) in [5, 5.41) is 10.5. The third-order valence-electron chi connectivity index (χ3n) is 2.76. The Morgan fingerprint density at radius 3 is 1.78 bits per heavy atom. The van der Waals surface area contributed by atoms with E-state index in [1.54, 1.807) is 0 Å².